The number of hydrogen-bond donors (Lipinski definition) is 0. The molecule has 0 fully saturated rings. The molecule has 0 heterocycles. The minimum absolute atomic E-state index is 0.170. The van der Waals surface area contributed by atoms with Crippen LogP contribution in [0.4, 0.5) is 10.1 Å². The lowest BCUT2D eigenvalue weighted by Crippen LogP contribution is -2.11. The van der Waals surface area contributed by atoms with Gasteiger partial charge in [0.2, 0.25) is 0 Å². The smallest absolute Gasteiger partial charge is 0.258 e. The first-order valence-corrected chi connectivity index (χ1v) is 5.90. The molecule has 0 saturated heterocycles. The summed E-state index contributed by atoms with van der Waals surface area (Å²) in [7, 11) is 0. The Kier molecular flexibility index (Phi) is 4.41. The molecule has 0 radical (unpaired) electrons. The van der Waals surface area contributed by atoms with E-state index < -0.39 is 10.7 Å². The van der Waals surface area contributed by atoms with Crippen molar-refractivity contribution in [2.45, 2.75) is 25.1 Å². The van der Waals surface area contributed by atoms with Gasteiger partial charge >= 0.3 is 0 Å². The van der Waals surface area contributed by atoms with E-state index in [0.29, 0.717) is 17.9 Å². The molecule has 0 bridgehead atoms. The number of nitro benzene ring substituents is 1. The molecule has 0 aromatic heterocycles. The highest BCUT2D eigenvalue weighted by Crippen LogP contribution is 2.22. The molecule has 0 saturated carbocycles. The van der Waals surface area contributed by atoms with Crippen LogP contribution in [0.25, 0.3) is 0 Å². The summed E-state index contributed by atoms with van der Waals surface area (Å²) in [5, 5.41) is 10.4. The Morgan fingerprint density at radius 2 is 2.12 bits per heavy atom. The monoisotopic (exact) mass is 289 g/mol. The number of halogens is 2. The highest BCUT2D eigenvalue weighted by molar-refractivity contribution is 9.09. The lowest BCUT2D eigenvalue weighted by molar-refractivity contribution is -0.385. The summed E-state index contributed by atoms with van der Waals surface area (Å²) in [5.41, 5.74) is 0.290. The topological polar surface area (TPSA) is 43.1 Å². The van der Waals surface area contributed by atoms with Crippen molar-refractivity contribution in [3.05, 3.63) is 39.7 Å². The van der Waals surface area contributed by atoms with Gasteiger partial charge in [-0.3, -0.25) is 10.1 Å². The summed E-state index contributed by atoms with van der Waals surface area (Å²) < 4.78 is 13.5. The van der Waals surface area contributed by atoms with E-state index in [2.05, 4.69) is 15.9 Å². The van der Waals surface area contributed by atoms with E-state index in [1.165, 1.54) is 12.1 Å². The summed E-state index contributed by atoms with van der Waals surface area (Å²) in [5.74, 6) is -0.131. The predicted octanol–water partition coefficient (Wildman–Crippen LogP) is 3.70. The van der Waals surface area contributed by atoms with Crippen molar-refractivity contribution in [1.29, 1.82) is 0 Å². The summed E-state index contributed by atoms with van der Waals surface area (Å²) >= 11 is 3.46. The minimum Gasteiger partial charge on any atom is -0.258 e. The molecule has 0 aliphatic heterocycles. The standard InChI is InChI=1S/C11H13BrFNO2/c1-7(2)10(12)5-8-3-4-9(14(15)16)6-11(8)13/h3-4,6-7,10H,5H2,1-2H3. The van der Waals surface area contributed by atoms with E-state index in [9.17, 15) is 14.5 Å². The first kappa shape index (κ1) is 13.1. The molecule has 1 atom stereocenters. The summed E-state index contributed by atoms with van der Waals surface area (Å²) in [6.07, 6.45) is 0.529. The fourth-order valence-electron chi connectivity index (χ4n) is 1.26. The molecule has 1 aromatic rings. The number of nitro groups is 1. The average Bonchev–Trinajstić information content (AvgIpc) is 2.20. The maximum atomic E-state index is 13.5. The van der Waals surface area contributed by atoms with Gasteiger partial charge in [-0.15, -0.1) is 0 Å². The second-order valence-electron chi connectivity index (χ2n) is 4.00. The van der Waals surface area contributed by atoms with Gasteiger partial charge in [0.25, 0.3) is 5.69 Å². The van der Waals surface area contributed by atoms with Gasteiger partial charge in [0, 0.05) is 10.9 Å². The van der Waals surface area contributed by atoms with Crippen LogP contribution in [0.5, 0.6) is 0 Å². The first-order chi connectivity index (χ1) is 7.41. The highest BCUT2D eigenvalue weighted by atomic mass is 79.9. The van der Waals surface area contributed by atoms with Gasteiger partial charge < -0.3 is 0 Å². The van der Waals surface area contributed by atoms with Crippen LogP contribution in [-0.4, -0.2) is 9.75 Å². The number of non-ortho nitro benzene ring substituents is 1. The number of nitrogens with zero attached hydrogens (tertiary/aromatic N) is 1. The molecule has 0 aliphatic carbocycles. The van der Waals surface area contributed by atoms with Crippen LogP contribution in [0, 0.1) is 21.8 Å². The van der Waals surface area contributed by atoms with E-state index in [0.717, 1.165) is 6.07 Å². The second kappa shape index (κ2) is 5.39. The molecule has 1 unspecified atom stereocenters. The molecule has 0 N–H and O–H groups in total. The zero-order valence-electron chi connectivity index (χ0n) is 9.11. The molecular formula is C11H13BrFNO2. The largest absolute Gasteiger partial charge is 0.272 e. The average molecular weight is 290 g/mol. The van der Waals surface area contributed by atoms with Gasteiger partial charge in [-0.25, -0.2) is 4.39 Å². The molecule has 1 aromatic carbocycles. The van der Waals surface area contributed by atoms with Gasteiger partial charge in [0.15, 0.2) is 0 Å². The van der Waals surface area contributed by atoms with Gasteiger partial charge in [0.05, 0.1) is 11.0 Å². The van der Waals surface area contributed by atoms with Crippen LogP contribution in [0.2, 0.25) is 0 Å². The van der Waals surface area contributed by atoms with E-state index in [-0.39, 0.29) is 10.5 Å². The molecule has 5 heteroatoms. The number of hydrogen-bond acceptors (Lipinski definition) is 2. The molecule has 0 amide bonds. The second-order valence-corrected chi connectivity index (χ2v) is 5.17. The number of benzene rings is 1. The minimum atomic E-state index is -0.596. The Balaban J connectivity index is 2.87. The van der Waals surface area contributed by atoms with Crippen LogP contribution >= 0.6 is 15.9 Å². The number of alkyl halides is 1. The first-order valence-electron chi connectivity index (χ1n) is 4.98. The molecular weight excluding hydrogens is 277 g/mol. The van der Waals surface area contributed by atoms with Crippen LogP contribution in [0.3, 0.4) is 0 Å². The fourth-order valence-corrected chi connectivity index (χ4v) is 1.61. The zero-order chi connectivity index (χ0) is 12.3. The Morgan fingerprint density at radius 3 is 2.56 bits per heavy atom. The van der Waals surface area contributed by atoms with E-state index >= 15 is 0 Å². The van der Waals surface area contributed by atoms with Gasteiger partial charge in [0.1, 0.15) is 5.82 Å². The van der Waals surface area contributed by atoms with Crippen molar-refractivity contribution < 1.29 is 9.31 Å². The number of rotatable bonds is 4. The van der Waals surface area contributed by atoms with Crippen LogP contribution in [-0.2, 0) is 6.42 Å². The molecule has 88 valence electrons. The van der Waals surface area contributed by atoms with Gasteiger partial charge in [-0.2, -0.15) is 0 Å². The van der Waals surface area contributed by atoms with E-state index in [1.807, 2.05) is 13.8 Å². The maximum Gasteiger partial charge on any atom is 0.272 e. The Morgan fingerprint density at radius 1 is 1.50 bits per heavy atom. The lowest BCUT2D eigenvalue weighted by atomic mass is 10.0. The Bertz CT molecular complexity index is 396. The maximum absolute atomic E-state index is 13.5. The van der Waals surface area contributed by atoms with Crippen molar-refractivity contribution in [3.63, 3.8) is 0 Å². The van der Waals surface area contributed by atoms with Crippen LogP contribution in [0.15, 0.2) is 18.2 Å². The Labute approximate surface area is 102 Å². The van der Waals surface area contributed by atoms with Crippen molar-refractivity contribution in [2.24, 2.45) is 5.92 Å². The van der Waals surface area contributed by atoms with Crippen LogP contribution in [0.1, 0.15) is 19.4 Å². The van der Waals surface area contributed by atoms with Crippen molar-refractivity contribution in [3.8, 4) is 0 Å². The van der Waals surface area contributed by atoms with Crippen molar-refractivity contribution in [2.75, 3.05) is 0 Å². The molecule has 1 rings (SSSR count). The Hall–Kier alpha value is -0.970. The quantitative estimate of drug-likeness (QED) is 0.482. The third kappa shape index (κ3) is 3.27. The van der Waals surface area contributed by atoms with Crippen LogP contribution < -0.4 is 0 Å². The SMILES string of the molecule is CC(C)C(Br)Cc1ccc([N+](=O)[O-])cc1F. The lowest BCUT2D eigenvalue weighted by Gasteiger charge is -2.13. The fraction of sp³-hybridized carbons (Fsp3) is 0.455. The highest BCUT2D eigenvalue weighted by Gasteiger charge is 2.15. The third-order valence-corrected chi connectivity index (χ3v) is 3.77. The predicted molar refractivity (Wildman–Crippen MR) is 64.3 cm³/mol. The zero-order valence-corrected chi connectivity index (χ0v) is 10.7. The normalized spacial score (nSPS) is 12.8. The molecule has 3 nitrogen and oxygen atoms in total. The molecule has 16 heavy (non-hydrogen) atoms. The van der Waals surface area contributed by atoms with Gasteiger partial charge in [-0.1, -0.05) is 29.8 Å². The summed E-state index contributed by atoms with van der Waals surface area (Å²) in [4.78, 5) is 10.00. The molecule has 0 spiro atoms. The third-order valence-electron chi connectivity index (χ3n) is 2.39. The van der Waals surface area contributed by atoms with E-state index in [1.54, 1.807) is 0 Å². The van der Waals surface area contributed by atoms with Gasteiger partial charge in [-0.05, 0) is 24.0 Å². The molecule has 0 aliphatic rings. The summed E-state index contributed by atoms with van der Waals surface area (Å²) in [6, 6.07) is 3.78. The summed E-state index contributed by atoms with van der Waals surface area (Å²) in [6.45, 7) is 4.06. The van der Waals surface area contributed by atoms with Crippen molar-refractivity contribution >= 4 is 21.6 Å². The van der Waals surface area contributed by atoms with Crippen molar-refractivity contribution in [1.82, 2.24) is 0 Å². The van der Waals surface area contributed by atoms with E-state index in [4.69, 9.17) is 0 Å².